The number of carbonyl (C=O) groups excluding carboxylic acids is 1. The molecule has 23 heavy (non-hydrogen) atoms. The van der Waals surface area contributed by atoms with Gasteiger partial charge in [-0.2, -0.15) is 5.10 Å². The number of carbonyl (C=O) groups is 1. The molecule has 4 rings (SSSR count). The fourth-order valence-electron chi connectivity index (χ4n) is 2.42. The standard InChI is InChI=1S/C16H12N6O/c23-15(13-8-4-5-11-9-17-20-14(11)13)19-16-21-18-10-22(16)12-6-2-1-3-7-12/h1-10H,(H,17,20)(H,19,21,23). The second kappa shape index (κ2) is 5.38. The molecule has 0 radical (unpaired) electrons. The number of hydrogen-bond acceptors (Lipinski definition) is 4. The van der Waals surface area contributed by atoms with Gasteiger partial charge in [0.2, 0.25) is 5.95 Å². The van der Waals surface area contributed by atoms with Crippen molar-refractivity contribution in [3.8, 4) is 5.69 Å². The lowest BCUT2D eigenvalue weighted by molar-refractivity contribution is 0.102. The van der Waals surface area contributed by atoms with Crippen molar-refractivity contribution < 1.29 is 4.79 Å². The summed E-state index contributed by atoms with van der Waals surface area (Å²) in [5, 5.41) is 18.3. The molecule has 0 saturated heterocycles. The highest BCUT2D eigenvalue weighted by Crippen LogP contribution is 2.18. The van der Waals surface area contributed by atoms with Gasteiger partial charge in [-0.3, -0.25) is 19.8 Å². The van der Waals surface area contributed by atoms with Crippen LogP contribution in [0.5, 0.6) is 0 Å². The number of anilines is 1. The van der Waals surface area contributed by atoms with Gasteiger partial charge in [-0.25, -0.2) is 0 Å². The smallest absolute Gasteiger partial charge is 0.260 e. The molecule has 7 nitrogen and oxygen atoms in total. The van der Waals surface area contributed by atoms with Crippen LogP contribution in [-0.4, -0.2) is 30.9 Å². The van der Waals surface area contributed by atoms with Crippen LogP contribution in [0.15, 0.2) is 61.1 Å². The van der Waals surface area contributed by atoms with Crippen molar-refractivity contribution in [2.75, 3.05) is 5.32 Å². The van der Waals surface area contributed by atoms with Gasteiger partial charge in [0.05, 0.1) is 23.0 Å². The van der Waals surface area contributed by atoms with Crippen LogP contribution in [0.4, 0.5) is 5.95 Å². The molecule has 0 spiro atoms. The molecule has 7 heteroatoms. The third-order valence-electron chi connectivity index (χ3n) is 3.53. The Bertz CT molecular complexity index is 972. The van der Waals surface area contributed by atoms with E-state index in [9.17, 15) is 4.79 Å². The van der Waals surface area contributed by atoms with E-state index in [-0.39, 0.29) is 5.91 Å². The van der Waals surface area contributed by atoms with Gasteiger partial charge in [-0.15, -0.1) is 10.2 Å². The predicted molar refractivity (Wildman–Crippen MR) is 85.4 cm³/mol. The van der Waals surface area contributed by atoms with E-state index in [4.69, 9.17) is 0 Å². The first-order valence-electron chi connectivity index (χ1n) is 7.02. The molecule has 0 fully saturated rings. The number of nitrogens with one attached hydrogen (secondary N) is 2. The predicted octanol–water partition coefficient (Wildman–Crippen LogP) is 2.40. The van der Waals surface area contributed by atoms with E-state index >= 15 is 0 Å². The zero-order chi connectivity index (χ0) is 15.6. The Kier molecular flexibility index (Phi) is 3.09. The highest BCUT2D eigenvalue weighted by molar-refractivity contribution is 6.11. The maximum Gasteiger partial charge on any atom is 0.260 e. The topological polar surface area (TPSA) is 88.5 Å². The van der Waals surface area contributed by atoms with Gasteiger partial charge in [-0.05, 0) is 18.2 Å². The Labute approximate surface area is 131 Å². The van der Waals surface area contributed by atoms with E-state index in [0.717, 1.165) is 11.1 Å². The molecule has 0 aliphatic rings. The molecule has 0 aliphatic carbocycles. The van der Waals surface area contributed by atoms with Crippen LogP contribution in [-0.2, 0) is 0 Å². The minimum Gasteiger partial charge on any atom is -0.290 e. The molecule has 2 heterocycles. The van der Waals surface area contributed by atoms with E-state index < -0.39 is 0 Å². The highest BCUT2D eigenvalue weighted by atomic mass is 16.1. The fraction of sp³-hybridized carbons (Fsp3) is 0. The lowest BCUT2D eigenvalue weighted by Gasteiger charge is -2.08. The van der Waals surface area contributed by atoms with Crippen LogP contribution in [0.25, 0.3) is 16.6 Å². The monoisotopic (exact) mass is 304 g/mol. The van der Waals surface area contributed by atoms with Crippen LogP contribution in [0, 0.1) is 0 Å². The molecule has 0 bridgehead atoms. The Hall–Kier alpha value is -3.48. The summed E-state index contributed by atoms with van der Waals surface area (Å²) in [6, 6.07) is 15.0. The third kappa shape index (κ3) is 2.34. The average molecular weight is 304 g/mol. The quantitative estimate of drug-likeness (QED) is 0.608. The largest absolute Gasteiger partial charge is 0.290 e. The van der Waals surface area contributed by atoms with Gasteiger partial charge in [0.1, 0.15) is 6.33 Å². The van der Waals surface area contributed by atoms with Gasteiger partial charge in [0.25, 0.3) is 5.91 Å². The Morgan fingerprint density at radius 2 is 1.96 bits per heavy atom. The molecule has 0 unspecified atom stereocenters. The van der Waals surface area contributed by atoms with Crippen molar-refractivity contribution in [1.82, 2.24) is 25.0 Å². The van der Waals surface area contributed by atoms with Crippen LogP contribution in [0.2, 0.25) is 0 Å². The zero-order valence-corrected chi connectivity index (χ0v) is 12.0. The minimum absolute atomic E-state index is 0.273. The third-order valence-corrected chi connectivity index (χ3v) is 3.53. The van der Waals surface area contributed by atoms with Crippen molar-refractivity contribution in [2.24, 2.45) is 0 Å². The first-order valence-corrected chi connectivity index (χ1v) is 7.02. The average Bonchev–Trinajstić information content (AvgIpc) is 3.24. The van der Waals surface area contributed by atoms with Crippen molar-refractivity contribution in [3.05, 3.63) is 66.6 Å². The summed E-state index contributed by atoms with van der Waals surface area (Å²) in [7, 11) is 0. The van der Waals surface area contributed by atoms with Crippen molar-refractivity contribution in [2.45, 2.75) is 0 Å². The molecule has 1 amide bonds. The minimum atomic E-state index is -0.273. The summed E-state index contributed by atoms with van der Waals surface area (Å²) >= 11 is 0. The van der Waals surface area contributed by atoms with Crippen molar-refractivity contribution >= 4 is 22.8 Å². The number of benzene rings is 2. The fourth-order valence-corrected chi connectivity index (χ4v) is 2.42. The Balaban J connectivity index is 1.68. The molecule has 4 aromatic rings. The van der Waals surface area contributed by atoms with Crippen LogP contribution in [0.3, 0.4) is 0 Å². The maximum absolute atomic E-state index is 12.6. The van der Waals surface area contributed by atoms with E-state index in [0.29, 0.717) is 17.0 Å². The molecule has 112 valence electrons. The van der Waals surface area contributed by atoms with Crippen molar-refractivity contribution in [3.63, 3.8) is 0 Å². The molecule has 0 aliphatic heterocycles. The maximum atomic E-state index is 12.6. The molecule has 2 aromatic heterocycles. The SMILES string of the molecule is O=C(Nc1nncn1-c1ccccc1)c1cccc2cn[nH]c12. The van der Waals surface area contributed by atoms with E-state index in [1.807, 2.05) is 42.5 Å². The second-order valence-corrected chi connectivity index (χ2v) is 4.95. The number of hydrogen-bond donors (Lipinski definition) is 2. The Morgan fingerprint density at radius 1 is 1.09 bits per heavy atom. The van der Waals surface area contributed by atoms with Gasteiger partial charge in [0.15, 0.2) is 0 Å². The van der Waals surface area contributed by atoms with E-state index in [1.165, 1.54) is 0 Å². The number of nitrogens with zero attached hydrogens (tertiary/aromatic N) is 4. The van der Waals surface area contributed by atoms with Crippen molar-refractivity contribution in [1.29, 1.82) is 0 Å². The number of aromatic amines is 1. The number of para-hydroxylation sites is 2. The van der Waals surface area contributed by atoms with Gasteiger partial charge in [0, 0.05) is 5.39 Å². The number of fused-ring (bicyclic) bond motifs is 1. The summed E-state index contributed by atoms with van der Waals surface area (Å²) in [4.78, 5) is 12.6. The van der Waals surface area contributed by atoms with Gasteiger partial charge in [-0.1, -0.05) is 30.3 Å². The summed E-state index contributed by atoms with van der Waals surface area (Å²) in [5.74, 6) is 0.0859. The zero-order valence-electron chi connectivity index (χ0n) is 12.0. The summed E-state index contributed by atoms with van der Waals surface area (Å²) in [6.45, 7) is 0. The lowest BCUT2D eigenvalue weighted by Crippen LogP contribution is -2.15. The normalized spacial score (nSPS) is 10.8. The lowest BCUT2D eigenvalue weighted by atomic mass is 10.1. The van der Waals surface area contributed by atoms with Crippen LogP contribution < -0.4 is 5.32 Å². The molecular formula is C16H12N6O. The molecule has 2 N–H and O–H groups in total. The molecular weight excluding hydrogens is 292 g/mol. The summed E-state index contributed by atoms with van der Waals surface area (Å²) in [6.07, 6.45) is 3.24. The van der Waals surface area contributed by atoms with Crippen LogP contribution >= 0.6 is 0 Å². The first-order chi connectivity index (χ1) is 11.3. The van der Waals surface area contributed by atoms with Gasteiger partial charge < -0.3 is 0 Å². The van der Waals surface area contributed by atoms with E-state index in [2.05, 4.69) is 25.7 Å². The Morgan fingerprint density at radius 3 is 2.83 bits per heavy atom. The number of H-pyrrole nitrogens is 1. The molecule has 0 saturated carbocycles. The second-order valence-electron chi connectivity index (χ2n) is 4.95. The molecule has 0 atom stereocenters. The number of amides is 1. The number of aromatic nitrogens is 5. The number of rotatable bonds is 3. The summed E-state index contributed by atoms with van der Waals surface area (Å²) in [5.41, 5.74) is 2.06. The summed E-state index contributed by atoms with van der Waals surface area (Å²) < 4.78 is 1.71. The first kappa shape index (κ1) is 13.2. The van der Waals surface area contributed by atoms with Crippen LogP contribution in [0.1, 0.15) is 10.4 Å². The highest BCUT2D eigenvalue weighted by Gasteiger charge is 2.15. The van der Waals surface area contributed by atoms with E-state index in [1.54, 1.807) is 23.2 Å². The van der Waals surface area contributed by atoms with Gasteiger partial charge >= 0.3 is 0 Å². The molecule has 2 aromatic carbocycles.